The summed E-state index contributed by atoms with van der Waals surface area (Å²) in [4.78, 5) is 24.0. The lowest BCUT2D eigenvalue weighted by Crippen LogP contribution is -2.27. The van der Waals surface area contributed by atoms with Crippen molar-refractivity contribution in [3.63, 3.8) is 0 Å². The van der Waals surface area contributed by atoms with Crippen LogP contribution in [0.4, 0.5) is 5.69 Å². The van der Waals surface area contributed by atoms with E-state index in [9.17, 15) is 14.7 Å². The lowest BCUT2D eigenvalue weighted by Gasteiger charge is -2.26. The molecule has 0 heterocycles. The summed E-state index contributed by atoms with van der Waals surface area (Å²) in [7, 11) is 0. The molecular formula is C17H16ClNO4. The second-order valence-electron chi connectivity index (χ2n) is 4.98. The number of aromatic carboxylic acids is 1. The van der Waals surface area contributed by atoms with Gasteiger partial charge in [0.25, 0.3) is 0 Å². The third-order valence-corrected chi connectivity index (χ3v) is 3.72. The number of carboxylic acids is 2. The van der Waals surface area contributed by atoms with Crippen LogP contribution in [0.5, 0.6) is 0 Å². The molecule has 23 heavy (non-hydrogen) atoms. The molecule has 2 rings (SSSR count). The molecule has 0 unspecified atom stereocenters. The molecule has 0 aliphatic carbocycles. The van der Waals surface area contributed by atoms with Crippen LogP contribution >= 0.6 is 11.6 Å². The van der Waals surface area contributed by atoms with E-state index in [0.29, 0.717) is 16.3 Å². The van der Waals surface area contributed by atoms with Crippen LogP contribution in [0.25, 0.3) is 0 Å². The van der Waals surface area contributed by atoms with Crippen LogP contribution < -0.4 is 4.90 Å². The second kappa shape index (κ2) is 7.65. The van der Waals surface area contributed by atoms with Crippen LogP contribution in [0.3, 0.4) is 0 Å². The van der Waals surface area contributed by atoms with Gasteiger partial charge >= 0.3 is 11.9 Å². The minimum atomic E-state index is -1.02. The van der Waals surface area contributed by atoms with Gasteiger partial charge in [-0.05, 0) is 23.8 Å². The average Bonchev–Trinajstić information content (AvgIpc) is 2.52. The van der Waals surface area contributed by atoms with E-state index in [4.69, 9.17) is 16.7 Å². The Morgan fingerprint density at radius 2 is 1.65 bits per heavy atom. The Hall–Kier alpha value is -2.53. The fraction of sp³-hybridized carbons (Fsp3) is 0.176. The highest BCUT2D eigenvalue weighted by molar-refractivity contribution is 6.33. The molecule has 2 aromatic carbocycles. The zero-order valence-electron chi connectivity index (χ0n) is 12.3. The number of rotatable bonds is 7. The summed E-state index contributed by atoms with van der Waals surface area (Å²) >= 11 is 6.20. The predicted molar refractivity (Wildman–Crippen MR) is 88.2 cm³/mol. The molecule has 0 aliphatic rings. The van der Waals surface area contributed by atoms with Crippen LogP contribution in [-0.2, 0) is 11.3 Å². The molecule has 0 aliphatic heterocycles. The van der Waals surface area contributed by atoms with Crippen LogP contribution in [0.2, 0.25) is 5.02 Å². The van der Waals surface area contributed by atoms with Crippen molar-refractivity contribution < 1.29 is 19.8 Å². The van der Waals surface area contributed by atoms with Gasteiger partial charge in [-0.3, -0.25) is 4.79 Å². The van der Waals surface area contributed by atoms with Crippen molar-refractivity contribution in [1.29, 1.82) is 0 Å². The number of hydrogen-bond donors (Lipinski definition) is 2. The van der Waals surface area contributed by atoms with Gasteiger partial charge in [0.05, 0.1) is 22.7 Å². The SMILES string of the molecule is O=C(O)CCN(Cc1ccccc1C(=O)O)c1ccccc1Cl. The normalized spacial score (nSPS) is 10.3. The van der Waals surface area contributed by atoms with E-state index in [0.717, 1.165) is 0 Å². The molecular weight excluding hydrogens is 318 g/mol. The Bertz CT molecular complexity index is 717. The van der Waals surface area contributed by atoms with Gasteiger partial charge in [0.2, 0.25) is 0 Å². The lowest BCUT2D eigenvalue weighted by molar-refractivity contribution is -0.136. The third kappa shape index (κ3) is 4.47. The number of halogens is 1. The van der Waals surface area contributed by atoms with Gasteiger partial charge in [0.15, 0.2) is 0 Å². The minimum absolute atomic E-state index is 0.0690. The topological polar surface area (TPSA) is 77.8 Å². The molecule has 0 amide bonds. The molecule has 5 nitrogen and oxygen atoms in total. The molecule has 0 aromatic heterocycles. The van der Waals surface area contributed by atoms with E-state index in [1.54, 1.807) is 47.4 Å². The molecule has 2 N–H and O–H groups in total. The molecule has 0 bridgehead atoms. The number of nitrogens with zero attached hydrogens (tertiary/aromatic N) is 1. The molecule has 0 saturated heterocycles. The first-order chi connectivity index (χ1) is 11.0. The Morgan fingerprint density at radius 3 is 2.30 bits per heavy atom. The van der Waals surface area contributed by atoms with Crippen molar-refractivity contribution in [2.24, 2.45) is 0 Å². The minimum Gasteiger partial charge on any atom is -0.481 e. The van der Waals surface area contributed by atoms with Gasteiger partial charge in [0, 0.05) is 13.1 Å². The summed E-state index contributed by atoms with van der Waals surface area (Å²) in [6.07, 6.45) is -0.0690. The Morgan fingerprint density at radius 1 is 1.00 bits per heavy atom. The van der Waals surface area contributed by atoms with Crippen molar-refractivity contribution in [3.05, 3.63) is 64.7 Å². The van der Waals surface area contributed by atoms with Crippen molar-refractivity contribution in [3.8, 4) is 0 Å². The van der Waals surface area contributed by atoms with Crippen molar-refractivity contribution in [2.45, 2.75) is 13.0 Å². The van der Waals surface area contributed by atoms with Crippen LogP contribution in [-0.4, -0.2) is 28.7 Å². The first-order valence-electron chi connectivity index (χ1n) is 7.01. The van der Waals surface area contributed by atoms with E-state index >= 15 is 0 Å². The first-order valence-corrected chi connectivity index (χ1v) is 7.39. The smallest absolute Gasteiger partial charge is 0.336 e. The summed E-state index contributed by atoms with van der Waals surface area (Å²) < 4.78 is 0. The molecule has 0 saturated carbocycles. The molecule has 6 heteroatoms. The quantitative estimate of drug-likeness (QED) is 0.810. The molecule has 0 spiro atoms. The van der Waals surface area contributed by atoms with Gasteiger partial charge in [-0.2, -0.15) is 0 Å². The van der Waals surface area contributed by atoms with Crippen LogP contribution in [0.1, 0.15) is 22.3 Å². The number of para-hydroxylation sites is 1. The fourth-order valence-corrected chi connectivity index (χ4v) is 2.55. The summed E-state index contributed by atoms with van der Waals surface area (Å²) in [6.45, 7) is 0.493. The molecule has 0 atom stereocenters. The molecule has 120 valence electrons. The molecule has 0 fully saturated rings. The zero-order chi connectivity index (χ0) is 16.8. The van der Waals surface area contributed by atoms with Crippen molar-refractivity contribution in [2.75, 3.05) is 11.4 Å². The first kappa shape index (κ1) is 16.8. The van der Waals surface area contributed by atoms with Crippen molar-refractivity contribution in [1.82, 2.24) is 0 Å². The zero-order valence-corrected chi connectivity index (χ0v) is 13.0. The largest absolute Gasteiger partial charge is 0.481 e. The predicted octanol–water partition coefficient (Wildman–Crippen LogP) is 3.52. The maximum Gasteiger partial charge on any atom is 0.336 e. The highest BCUT2D eigenvalue weighted by Crippen LogP contribution is 2.27. The number of hydrogen-bond acceptors (Lipinski definition) is 3. The second-order valence-corrected chi connectivity index (χ2v) is 5.39. The number of carboxylic acid groups (broad SMARTS) is 2. The van der Waals surface area contributed by atoms with Gasteiger partial charge in [-0.15, -0.1) is 0 Å². The Kier molecular flexibility index (Phi) is 5.60. The van der Waals surface area contributed by atoms with E-state index in [-0.39, 0.29) is 25.1 Å². The van der Waals surface area contributed by atoms with E-state index in [1.807, 2.05) is 0 Å². The maximum absolute atomic E-state index is 11.3. The molecule has 0 radical (unpaired) electrons. The highest BCUT2D eigenvalue weighted by atomic mass is 35.5. The van der Waals surface area contributed by atoms with E-state index in [1.165, 1.54) is 6.07 Å². The summed E-state index contributed by atoms with van der Waals surface area (Å²) in [5.41, 5.74) is 1.47. The Labute approximate surface area is 138 Å². The van der Waals surface area contributed by atoms with Gasteiger partial charge in [-0.25, -0.2) is 4.79 Å². The average molecular weight is 334 g/mol. The summed E-state index contributed by atoms with van der Waals surface area (Å²) in [5, 5.41) is 18.7. The van der Waals surface area contributed by atoms with Gasteiger partial charge in [-0.1, -0.05) is 41.9 Å². The summed E-state index contributed by atoms with van der Waals surface area (Å²) in [5.74, 6) is -1.94. The number of aliphatic carboxylic acids is 1. The fourth-order valence-electron chi connectivity index (χ4n) is 2.30. The summed E-state index contributed by atoms with van der Waals surface area (Å²) in [6, 6.07) is 13.7. The van der Waals surface area contributed by atoms with Crippen LogP contribution in [0.15, 0.2) is 48.5 Å². The number of anilines is 1. The lowest BCUT2D eigenvalue weighted by atomic mass is 10.1. The monoisotopic (exact) mass is 333 g/mol. The molecule has 2 aromatic rings. The van der Waals surface area contributed by atoms with Crippen LogP contribution in [0, 0.1) is 0 Å². The van der Waals surface area contributed by atoms with Gasteiger partial charge in [0.1, 0.15) is 0 Å². The van der Waals surface area contributed by atoms with E-state index < -0.39 is 11.9 Å². The third-order valence-electron chi connectivity index (χ3n) is 3.40. The standard InChI is InChI=1S/C17H16ClNO4/c18-14-7-3-4-8-15(14)19(10-9-16(20)21)11-12-5-1-2-6-13(12)17(22)23/h1-8H,9-11H2,(H,20,21)(H,22,23). The Balaban J connectivity index is 2.33. The van der Waals surface area contributed by atoms with E-state index in [2.05, 4.69) is 0 Å². The van der Waals surface area contributed by atoms with Gasteiger partial charge < -0.3 is 15.1 Å². The highest BCUT2D eigenvalue weighted by Gasteiger charge is 2.16. The number of benzene rings is 2. The van der Waals surface area contributed by atoms with Crippen molar-refractivity contribution >= 4 is 29.2 Å². The number of carbonyl (C=O) groups is 2. The maximum atomic E-state index is 11.3.